The van der Waals surface area contributed by atoms with Crippen LogP contribution in [0.1, 0.15) is 89.2 Å². The second kappa shape index (κ2) is 23.1. The number of hydrogen-bond donors (Lipinski definition) is 4. The number of nitrogens with one attached hydrogen (secondary N) is 2. The quantitative estimate of drug-likeness (QED) is 0.133. The number of benzene rings is 2. The van der Waals surface area contributed by atoms with Crippen molar-refractivity contribution in [2.75, 3.05) is 32.8 Å². The molecule has 0 saturated carbocycles. The van der Waals surface area contributed by atoms with E-state index in [0.717, 1.165) is 17.5 Å². The Labute approximate surface area is 326 Å². The van der Waals surface area contributed by atoms with Gasteiger partial charge in [-0.2, -0.15) is 0 Å². The van der Waals surface area contributed by atoms with Crippen molar-refractivity contribution < 1.29 is 33.4 Å². The van der Waals surface area contributed by atoms with Crippen LogP contribution < -0.4 is 22.1 Å². The third-order valence-electron chi connectivity index (χ3n) is 10.6. The number of carbonyl (C=O) groups excluding carboxylic acids is 5. The number of amides is 3. The maximum atomic E-state index is 14.1. The number of ketones is 2. The number of hydrogen-bond acceptors (Lipinski definition) is 9. The van der Waals surface area contributed by atoms with Crippen LogP contribution in [0, 0.1) is 17.8 Å². The lowest BCUT2D eigenvalue weighted by atomic mass is 9.87. The van der Waals surface area contributed by atoms with E-state index < -0.39 is 30.0 Å². The van der Waals surface area contributed by atoms with Crippen LogP contribution >= 0.6 is 0 Å². The van der Waals surface area contributed by atoms with Crippen LogP contribution in [0.25, 0.3) is 0 Å². The number of nitrogens with two attached hydrogens (primary N) is 2. The summed E-state index contributed by atoms with van der Waals surface area (Å²) in [5, 5.41) is 5.98. The third-order valence-corrected chi connectivity index (χ3v) is 10.6. The maximum Gasteiger partial charge on any atom is 0.407 e. The highest BCUT2D eigenvalue weighted by molar-refractivity contribution is 5.94. The van der Waals surface area contributed by atoms with E-state index in [4.69, 9.17) is 20.9 Å². The largest absolute Gasteiger partial charge is 0.446 e. The van der Waals surface area contributed by atoms with E-state index >= 15 is 0 Å². The summed E-state index contributed by atoms with van der Waals surface area (Å²) < 4.78 is 10.9. The van der Waals surface area contributed by atoms with Crippen molar-refractivity contribution >= 4 is 29.5 Å². The van der Waals surface area contributed by atoms with Gasteiger partial charge in [0.15, 0.2) is 11.6 Å². The predicted octanol–water partition coefficient (Wildman–Crippen LogP) is 4.51. The smallest absolute Gasteiger partial charge is 0.407 e. The van der Waals surface area contributed by atoms with E-state index in [0.29, 0.717) is 90.6 Å². The molecule has 6 N–H and O–H groups in total. The minimum absolute atomic E-state index is 0.0130. The molecule has 12 nitrogen and oxygen atoms in total. The standard InChI is InChI=1S/C43H63N5O7/c1-30(2)25-38(47-41(51)34(26-31-11-5-3-6-12-31)29-39(49)37(45)27-32-13-7-4-8-14-32)40(50)28-33(15-9-10-20-44)42(52)48-21-16-35(17-22-48)46-43(53)55-36-18-23-54-24-19-36/h3-8,11-14,30,33-38H,9-10,15-29,44-45H2,1-2H3,(H,46,53)(H,47,51)/t33-,34-,37+,38+/m0/s1. The number of likely N-dealkylation sites (tertiary alicyclic amines) is 1. The molecule has 2 aliphatic rings. The SMILES string of the molecule is CC(C)C[C@@H](NC(=O)[C@H](CC(=O)[C@H](N)Cc1ccccc1)Cc1ccccc1)C(=O)C[C@H](CCCCN)C(=O)N1CCC(NC(=O)OC2CCOCC2)CC1. The molecule has 2 aromatic rings. The molecule has 3 amide bonds. The molecule has 0 aromatic heterocycles. The lowest BCUT2D eigenvalue weighted by molar-refractivity contribution is -0.140. The van der Waals surface area contributed by atoms with E-state index in [9.17, 15) is 24.0 Å². The van der Waals surface area contributed by atoms with Crippen molar-refractivity contribution in [1.82, 2.24) is 15.5 Å². The summed E-state index contributed by atoms with van der Waals surface area (Å²) in [5.41, 5.74) is 14.0. The van der Waals surface area contributed by atoms with Crippen LogP contribution in [0.15, 0.2) is 60.7 Å². The minimum Gasteiger partial charge on any atom is -0.446 e. The highest BCUT2D eigenvalue weighted by Crippen LogP contribution is 2.23. The van der Waals surface area contributed by atoms with Gasteiger partial charge >= 0.3 is 6.09 Å². The average Bonchev–Trinajstić information content (AvgIpc) is 3.18. The number of Topliss-reactive ketones (excluding diaryl/α,β-unsaturated/α-hetero) is 2. The number of piperidine rings is 1. The number of alkyl carbamates (subject to hydrolysis) is 1. The Kier molecular flexibility index (Phi) is 18.3. The van der Waals surface area contributed by atoms with Crippen molar-refractivity contribution in [3.8, 4) is 0 Å². The molecule has 302 valence electrons. The fourth-order valence-electron chi connectivity index (χ4n) is 7.45. The summed E-state index contributed by atoms with van der Waals surface area (Å²) >= 11 is 0. The van der Waals surface area contributed by atoms with Crippen molar-refractivity contribution in [2.24, 2.45) is 29.2 Å². The number of rotatable bonds is 21. The summed E-state index contributed by atoms with van der Waals surface area (Å²) in [6.45, 7) is 6.53. The fraction of sp³-hybridized carbons (Fsp3) is 0.605. The summed E-state index contributed by atoms with van der Waals surface area (Å²) in [6, 6.07) is 17.4. The van der Waals surface area contributed by atoms with Crippen LogP contribution in [0.3, 0.4) is 0 Å². The molecule has 2 aromatic carbocycles. The van der Waals surface area contributed by atoms with E-state index in [1.165, 1.54) is 0 Å². The first-order valence-corrected chi connectivity index (χ1v) is 20.2. The van der Waals surface area contributed by atoms with Crippen LogP contribution in [0.5, 0.6) is 0 Å². The Morgan fingerprint density at radius 1 is 0.818 bits per heavy atom. The van der Waals surface area contributed by atoms with Gasteiger partial charge in [0.1, 0.15) is 6.10 Å². The van der Waals surface area contributed by atoms with Gasteiger partial charge in [-0.15, -0.1) is 0 Å². The molecule has 55 heavy (non-hydrogen) atoms. The summed E-state index contributed by atoms with van der Waals surface area (Å²) in [4.78, 5) is 69.9. The Morgan fingerprint density at radius 2 is 1.42 bits per heavy atom. The maximum absolute atomic E-state index is 14.1. The van der Waals surface area contributed by atoms with Gasteiger partial charge in [0.2, 0.25) is 11.8 Å². The van der Waals surface area contributed by atoms with Crippen molar-refractivity contribution in [2.45, 2.75) is 115 Å². The first-order chi connectivity index (χ1) is 26.5. The van der Waals surface area contributed by atoms with Crippen LogP contribution in [-0.2, 0) is 41.5 Å². The molecule has 4 atom stereocenters. The van der Waals surface area contributed by atoms with E-state index in [-0.39, 0.29) is 54.3 Å². The monoisotopic (exact) mass is 761 g/mol. The van der Waals surface area contributed by atoms with Gasteiger partial charge in [-0.25, -0.2) is 4.79 Å². The molecule has 2 heterocycles. The zero-order chi connectivity index (χ0) is 39.6. The first-order valence-electron chi connectivity index (χ1n) is 20.2. The van der Waals surface area contributed by atoms with E-state index in [2.05, 4.69) is 10.6 Å². The van der Waals surface area contributed by atoms with Gasteiger partial charge in [-0.1, -0.05) is 80.9 Å². The summed E-state index contributed by atoms with van der Waals surface area (Å²) in [5.74, 6) is -2.10. The van der Waals surface area contributed by atoms with Gasteiger partial charge in [0, 0.05) is 56.7 Å². The van der Waals surface area contributed by atoms with E-state index in [1.807, 2.05) is 74.5 Å². The number of ether oxygens (including phenoxy) is 2. The zero-order valence-electron chi connectivity index (χ0n) is 32.8. The molecule has 2 aliphatic heterocycles. The van der Waals surface area contributed by atoms with Gasteiger partial charge < -0.3 is 36.5 Å². The Morgan fingerprint density at radius 3 is 2.02 bits per heavy atom. The van der Waals surface area contributed by atoms with Crippen LogP contribution in [-0.4, -0.2) is 91.5 Å². The van der Waals surface area contributed by atoms with Gasteiger partial charge in [-0.05, 0) is 68.5 Å². The number of nitrogens with zero attached hydrogens (tertiary/aromatic N) is 1. The van der Waals surface area contributed by atoms with E-state index in [1.54, 1.807) is 4.90 Å². The first kappa shape index (κ1) is 43.6. The molecule has 4 rings (SSSR count). The summed E-state index contributed by atoms with van der Waals surface area (Å²) in [7, 11) is 0. The second-order valence-electron chi connectivity index (χ2n) is 15.7. The molecule has 12 heteroatoms. The van der Waals surface area contributed by atoms with Crippen LogP contribution in [0.4, 0.5) is 4.79 Å². The summed E-state index contributed by atoms with van der Waals surface area (Å²) in [6.07, 6.45) is 4.89. The van der Waals surface area contributed by atoms with Crippen molar-refractivity contribution in [3.05, 3.63) is 71.8 Å². The molecule has 2 fully saturated rings. The van der Waals surface area contributed by atoms with Crippen molar-refractivity contribution in [3.63, 3.8) is 0 Å². The second-order valence-corrected chi connectivity index (χ2v) is 15.7. The predicted molar refractivity (Wildman–Crippen MR) is 212 cm³/mol. The molecule has 0 spiro atoms. The van der Waals surface area contributed by atoms with Gasteiger partial charge in [-0.3, -0.25) is 19.2 Å². The normalized spacial score (nSPS) is 17.5. The molecule has 0 unspecified atom stereocenters. The van der Waals surface area contributed by atoms with Gasteiger partial charge in [0.05, 0.1) is 25.3 Å². The molecule has 0 radical (unpaired) electrons. The van der Waals surface area contributed by atoms with Crippen LogP contribution in [0.2, 0.25) is 0 Å². The highest BCUT2D eigenvalue weighted by Gasteiger charge is 2.34. The molecule has 2 saturated heterocycles. The Hall–Kier alpha value is -4.13. The average molecular weight is 762 g/mol. The number of unbranched alkanes of at least 4 members (excludes halogenated alkanes) is 1. The minimum atomic E-state index is -0.819. The third kappa shape index (κ3) is 15.1. The Bertz CT molecular complexity index is 1490. The fourth-order valence-corrected chi connectivity index (χ4v) is 7.45. The lowest BCUT2D eigenvalue weighted by Crippen LogP contribution is -2.50. The Balaban J connectivity index is 1.40. The topological polar surface area (TPSA) is 183 Å². The molecule has 0 aliphatic carbocycles. The number of carbonyl (C=O) groups is 5. The molecular weight excluding hydrogens is 699 g/mol. The molecule has 0 bridgehead atoms. The zero-order valence-corrected chi connectivity index (χ0v) is 32.8. The highest BCUT2D eigenvalue weighted by atomic mass is 16.6. The lowest BCUT2D eigenvalue weighted by Gasteiger charge is -2.35. The van der Waals surface area contributed by atoms with Crippen molar-refractivity contribution in [1.29, 1.82) is 0 Å². The molecular formula is C43H63N5O7. The van der Waals surface area contributed by atoms with Gasteiger partial charge in [0.25, 0.3) is 0 Å².